The lowest BCUT2D eigenvalue weighted by atomic mass is 9.73. The van der Waals surface area contributed by atoms with Crippen LogP contribution in [0.25, 0.3) is 5.76 Å². The Bertz CT molecular complexity index is 1340. The first-order chi connectivity index (χ1) is 16.5. The standard InChI is InChI=1S/C28H24ClN3O2/c1-17-5-2-7-21(15-17)32-22-8-3-9-23(33)25(22)24(19-6-4-14-31-16-19)26(28(32)30)27(34)18-10-12-20(29)13-11-18/h2,4-7,10-16,24,30,34H,3,8-9H2,1H3/b27-26+,30-28?. The Balaban J connectivity index is 1.82. The molecule has 0 radical (unpaired) electrons. The summed E-state index contributed by atoms with van der Waals surface area (Å²) in [6.07, 6.45) is 5.25. The van der Waals surface area contributed by atoms with Crippen molar-refractivity contribution in [3.63, 3.8) is 0 Å². The lowest BCUT2D eigenvalue weighted by molar-refractivity contribution is -0.116. The third-order valence-corrected chi connectivity index (χ3v) is 6.66. The van der Waals surface area contributed by atoms with Gasteiger partial charge in [-0.15, -0.1) is 0 Å². The van der Waals surface area contributed by atoms with Gasteiger partial charge in [0.05, 0.1) is 0 Å². The Morgan fingerprint density at radius 3 is 2.62 bits per heavy atom. The van der Waals surface area contributed by atoms with Crippen LogP contribution in [0.2, 0.25) is 5.02 Å². The predicted octanol–water partition coefficient (Wildman–Crippen LogP) is 6.60. The average Bonchev–Trinajstić information content (AvgIpc) is 2.84. The Morgan fingerprint density at radius 2 is 1.91 bits per heavy atom. The predicted molar refractivity (Wildman–Crippen MR) is 135 cm³/mol. The van der Waals surface area contributed by atoms with Crippen LogP contribution in [0.3, 0.4) is 0 Å². The first-order valence-corrected chi connectivity index (χ1v) is 11.6. The summed E-state index contributed by atoms with van der Waals surface area (Å²) in [5.41, 5.74) is 5.00. The summed E-state index contributed by atoms with van der Waals surface area (Å²) < 4.78 is 0. The van der Waals surface area contributed by atoms with Crippen LogP contribution in [-0.4, -0.2) is 21.7 Å². The second-order valence-electron chi connectivity index (χ2n) is 8.65. The van der Waals surface area contributed by atoms with Crippen LogP contribution >= 0.6 is 11.6 Å². The first kappa shape index (κ1) is 22.1. The third-order valence-electron chi connectivity index (χ3n) is 6.41. The van der Waals surface area contributed by atoms with Gasteiger partial charge in [-0.2, -0.15) is 0 Å². The Morgan fingerprint density at radius 1 is 1.12 bits per heavy atom. The molecule has 1 unspecified atom stereocenters. The molecule has 1 aliphatic heterocycles. The maximum atomic E-state index is 13.4. The molecule has 0 amide bonds. The van der Waals surface area contributed by atoms with Gasteiger partial charge in [0.15, 0.2) is 5.78 Å². The zero-order valence-electron chi connectivity index (χ0n) is 18.8. The van der Waals surface area contributed by atoms with Gasteiger partial charge in [0, 0.05) is 57.8 Å². The van der Waals surface area contributed by atoms with Crippen molar-refractivity contribution in [2.75, 3.05) is 4.90 Å². The fourth-order valence-corrected chi connectivity index (χ4v) is 5.01. The van der Waals surface area contributed by atoms with E-state index in [0.29, 0.717) is 34.6 Å². The average molecular weight is 470 g/mol. The molecular weight excluding hydrogens is 446 g/mol. The van der Waals surface area contributed by atoms with E-state index in [4.69, 9.17) is 11.6 Å². The maximum Gasteiger partial charge on any atom is 0.161 e. The number of halogens is 1. The summed E-state index contributed by atoms with van der Waals surface area (Å²) in [7, 11) is 0. The number of Topliss-reactive ketones (excluding diaryl/α,β-unsaturated/α-hetero) is 1. The minimum atomic E-state index is -0.583. The number of hydrogen-bond acceptors (Lipinski definition) is 4. The van der Waals surface area contributed by atoms with Crippen molar-refractivity contribution in [2.24, 2.45) is 0 Å². The van der Waals surface area contributed by atoms with Gasteiger partial charge in [-0.25, -0.2) is 0 Å². The van der Waals surface area contributed by atoms with E-state index < -0.39 is 5.92 Å². The van der Waals surface area contributed by atoms with Gasteiger partial charge in [0.2, 0.25) is 0 Å². The van der Waals surface area contributed by atoms with E-state index in [-0.39, 0.29) is 17.4 Å². The SMILES string of the molecule is Cc1cccc(N2C(=N)/C(=C(/O)c3ccc(Cl)cc3)C(c3cccnc3)C3=C2CCCC3=O)c1. The number of pyridine rings is 1. The van der Waals surface area contributed by atoms with E-state index in [2.05, 4.69) is 4.98 Å². The first-order valence-electron chi connectivity index (χ1n) is 11.3. The van der Waals surface area contributed by atoms with E-state index in [1.165, 1.54) is 0 Å². The van der Waals surface area contributed by atoms with Gasteiger partial charge >= 0.3 is 0 Å². The lowest BCUT2D eigenvalue weighted by Gasteiger charge is -2.41. The number of nitrogens with zero attached hydrogens (tertiary/aromatic N) is 2. The van der Waals surface area contributed by atoms with Crippen molar-refractivity contribution in [1.82, 2.24) is 4.98 Å². The summed E-state index contributed by atoms with van der Waals surface area (Å²) in [5, 5.41) is 21.4. The molecule has 1 atom stereocenters. The fraction of sp³-hybridized carbons (Fsp3) is 0.179. The molecule has 170 valence electrons. The van der Waals surface area contributed by atoms with E-state index >= 15 is 0 Å². The number of aromatic nitrogens is 1. The number of benzene rings is 2. The van der Waals surface area contributed by atoms with Gasteiger partial charge in [-0.05, 0) is 73.4 Å². The number of rotatable bonds is 3. The minimum absolute atomic E-state index is 0.0432. The Labute approximate surface area is 203 Å². The van der Waals surface area contributed by atoms with Crippen LogP contribution in [0.4, 0.5) is 5.69 Å². The number of aliphatic hydroxyl groups excluding tert-OH is 1. The van der Waals surface area contributed by atoms with E-state index in [0.717, 1.165) is 28.9 Å². The van der Waals surface area contributed by atoms with Crippen LogP contribution in [0, 0.1) is 12.3 Å². The Hall–Kier alpha value is -3.70. The van der Waals surface area contributed by atoms with Crippen molar-refractivity contribution < 1.29 is 9.90 Å². The van der Waals surface area contributed by atoms with Crippen molar-refractivity contribution in [1.29, 1.82) is 5.41 Å². The number of hydrogen-bond donors (Lipinski definition) is 2. The number of carbonyl (C=O) groups excluding carboxylic acids is 1. The molecule has 1 aromatic heterocycles. The zero-order valence-corrected chi connectivity index (χ0v) is 19.5. The number of carbonyl (C=O) groups is 1. The van der Waals surface area contributed by atoms with Gasteiger partial charge < -0.3 is 5.11 Å². The van der Waals surface area contributed by atoms with Gasteiger partial charge in [0.1, 0.15) is 11.6 Å². The highest BCUT2D eigenvalue weighted by molar-refractivity contribution is 6.30. The van der Waals surface area contributed by atoms with Gasteiger partial charge in [0.25, 0.3) is 0 Å². The summed E-state index contributed by atoms with van der Waals surface area (Å²) in [5.74, 6) is -0.430. The quantitative estimate of drug-likeness (QED) is 0.423. The van der Waals surface area contributed by atoms with Crippen LogP contribution < -0.4 is 4.90 Å². The molecule has 6 heteroatoms. The molecule has 3 aromatic rings. The molecule has 2 heterocycles. The molecule has 5 nitrogen and oxygen atoms in total. The monoisotopic (exact) mass is 469 g/mol. The maximum absolute atomic E-state index is 13.4. The molecule has 0 bridgehead atoms. The number of amidine groups is 1. The number of aryl methyl sites for hydroxylation is 1. The second kappa shape index (κ2) is 8.92. The highest BCUT2D eigenvalue weighted by atomic mass is 35.5. The minimum Gasteiger partial charge on any atom is -0.507 e. The summed E-state index contributed by atoms with van der Waals surface area (Å²) in [6, 6.07) is 18.4. The number of allylic oxidation sites excluding steroid dienone is 2. The molecule has 0 saturated carbocycles. The van der Waals surface area contributed by atoms with E-state index in [1.807, 2.05) is 48.2 Å². The van der Waals surface area contributed by atoms with Crippen LogP contribution in [0.15, 0.2) is 89.9 Å². The molecule has 5 rings (SSSR count). The van der Waals surface area contributed by atoms with Crippen LogP contribution in [0.5, 0.6) is 0 Å². The number of ketones is 1. The van der Waals surface area contributed by atoms with Crippen LogP contribution in [0.1, 0.15) is 41.9 Å². The molecule has 2 N–H and O–H groups in total. The summed E-state index contributed by atoms with van der Waals surface area (Å²) in [4.78, 5) is 19.5. The van der Waals surface area contributed by atoms with Crippen molar-refractivity contribution in [3.8, 4) is 0 Å². The summed E-state index contributed by atoms with van der Waals surface area (Å²) in [6.45, 7) is 2.00. The lowest BCUT2D eigenvalue weighted by Crippen LogP contribution is -2.42. The molecule has 0 spiro atoms. The highest BCUT2D eigenvalue weighted by Crippen LogP contribution is 2.47. The smallest absolute Gasteiger partial charge is 0.161 e. The van der Waals surface area contributed by atoms with Gasteiger partial charge in [-0.3, -0.25) is 20.1 Å². The van der Waals surface area contributed by atoms with Crippen molar-refractivity contribution >= 4 is 34.7 Å². The number of nitrogens with one attached hydrogen (secondary N) is 1. The molecule has 1 aliphatic carbocycles. The molecule has 0 saturated heterocycles. The van der Waals surface area contributed by atoms with Gasteiger partial charge in [-0.1, -0.05) is 29.8 Å². The zero-order chi connectivity index (χ0) is 23.8. The highest BCUT2D eigenvalue weighted by Gasteiger charge is 2.43. The molecule has 2 aromatic carbocycles. The largest absolute Gasteiger partial charge is 0.507 e. The van der Waals surface area contributed by atoms with Crippen LogP contribution in [-0.2, 0) is 4.79 Å². The molecule has 2 aliphatic rings. The molecular formula is C28H24ClN3O2. The van der Waals surface area contributed by atoms with Crippen molar-refractivity contribution in [3.05, 3.63) is 112 Å². The second-order valence-corrected chi connectivity index (χ2v) is 9.09. The molecule has 34 heavy (non-hydrogen) atoms. The Kier molecular flexibility index (Phi) is 5.80. The third kappa shape index (κ3) is 3.82. The molecule has 0 fully saturated rings. The summed E-state index contributed by atoms with van der Waals surface area (Å²) >= 11 is 6.08. The number of anilines is 1. The fourth-order valence-electron chi connectivity index (χ4n) is 4.89. The topological polar surface area (TPSA) is 77.3 Å². The van der Waals surface area contributed by atoms with Crippen molar-refractivity contribution in [2.45, 2.75) is 32.1 Å². The number of aliphatic hydroxyl groups is 1. The van der Waals surface area contributed by atoms with E-state index in [1.54, 1.807) is 36.7 Å². The normalized spacial score (nSPS) is 19.8. The van der Waals surface area contributed by atoms with E-state index in [9.17, 15) is 15.3 Å².